The van der Waals surface area contributed by atoms with Gasteiger partial charge in [-0.3, -0.25) is 9.69 Å². The Bertz CT molecular complexity index is 677. The zero-order chi connectivity index (χ0) is 17.5. The van der Waals surface area contributed by atoms with Crippen molar-refractivity contribution >= 4 is 28.5 Å². The van der Waals surface area contributed by atoms with Gasteiger partial charge in [0.25, 0.3) is 0 Å². The van der Waals surface area contributed by atoms with E-state index in [1.165, 1.54) is 11.3 Å². The summed E-state index contributed by atoms with van der Waals surface area (Å²) in [5.41, 5.74) is 0.488. The fourth-order valence-corrected chi connectivity index (χ4v) is 4.01. The maximum Gasteiger partial charge on any atom is 0.410 e. The topological polar surface area (TPSA) is 62.7 Å². The molecule has 2 amide bonds. The van der Waals surface area contributed by atoms with Crippen LogP contribution in [0.5, 0.6) is 0 Å². The molecule has 24 heavy (non-hydrogen) atoms. The highest BCUT2D eigenvalue weighted by Gasteiger charge is 2.33. The first-order valence-corrected chi connectivity index (χ1v) is 8.98. The first-order valence-electron chi connectivity index (χ1n) is 8.16. The summed E-state index contributed by atoms with van der Waals surface area (Å²) >= 11 is 1.50. The Morgan fingerprint density at radius 3 is 2.83 bits per heavy atom. The first kappa shape index (κ1) is 17.0. The van der Waals surface area contributed by atoms with Crippen LogP contribution in [0.2, 0.25) is 0 Å². The highest BCUT2D eigenvalue weighted by molar-refractivity contribution is 7.16. The fourth-order valence-electron chi connectivity index (χ4n) is 2.86. The number of ether oxygens (including phenoxy) is 1. The van der Waals surface area contributed by atoms with Crippen LogP contribution < -0.4 is 4.90 Å². The minimum atomic E-state index is -0.502. The molecule has 1 atom stereocenters. The van der Waals surface area contributed by atoms with E-state index in [0.29, 0.717) is 32.5 Å². The molecule has 1 fully saturated rings. The van der Waals surface area contributed by atoms with Crippen LogP contribution in [0.25, 0.3) is 0 Å². The maximum absolute atomic E-state index is 12.2. The number of fused-ring (bicyclic) bond motifs is 1. The number of thiazole rings is 1. The summed E-state index contributed by atoms with van der Waals surface area (Å²) < 4.78 is 5.44. The van der Waals surface area contributed by atoms with E-state index in [1.54, 1.807) is 9.80 Å². The van der Waals surface area contributed by atoms with Crippen molar-refractivity contribution in [2.24, 2.45) is 5.92 Å². The van der Waals surface area contributed by atoms with E-state index in [1.807, 2.05) is 26.8 Å². The van der Waals surface area contributed by atoms with E-state index in [2.05, 4.69) is 11.6 Å². The second-order valence-corrected chi connectivity index (χ2v) is 8.28. The van der Waals surface area contributed by atoms with E-state index in [4.69, 9.17) is 4.74 Å². The predicted molar refractivity (Wildman–Crippen MR) is 93.1 cm³/mol. The van der Waals surface area contributed by atoms with Crippen molar-refractivity contribution in [2.45, 2.75) is 45.8 Å². The minimum absolute atomic E-state index is 0.0926. The molecule has 1 unspecified atom stereocenters. The van der Waals surface area contributed by atoms with Gasteiger partial charge in [-0.2, -0.15) is 0 Å². The number of carbonyl (C=O) groups is 2. The van der Waals surface area contributed by atoms with Crippen LogP contribution in [-0.4, -0.2) is 40.6 Å². The molecule has 0 saturated carbocycles. The minimum Gasteiger partial charge on any atom is -0.444 e. The number of hydrogen-bond donors (Lipinski definition) is 0. The molecule has 0 bridgehead atoms. The molecular formula is C17H23N3O3S. The fraction of sp³-hybridized carbons (Fsp3) is 0.588. The molecule has 1 aromatic heterocycles. The van der Waals surface area contributed by atoms with Gasteiger partial charge in [0.2, 0.25) is 5.91 Å². The van der Waals surface area contributed by atoms with Crippen molar-refractivity contribution < 1.29 is 14.3 Å². The molecule has 0 spiro atoms. The molecule has 6 nitrogen and oxygen atoms in total. The van der Waals surface area contributed by atoms with Gasteiger partial charge in [-0.1, -0.05) is 17.4 Å². The van der Waals surface area contributed by atoms with Crippen LogP contribution in [0, 0.1) is 5.92 Å². The van der Waals surface area contributed by atoms with Gasteiger partial charge in [0.05, 0.1) is 12.2 Å². The summed E-state index contributed by atoms with van der Waals surface area (Å²) in [4.78, 5) is 33.5. The Morgan fingerprint density at radius 1 is 1.46 bits per heavy atom. The summed E-state index contributed by atoms with van der Waals surface area (Å²) in [6.45, 7) is 11.1. The number of carbonyl (C=O) groups excluding carboxylic acids is 2. The van der Waals surface area contributed by atoms with E-state index in [-0.39, 0.29) is 17.9 Å². The van der Waals surface area contributed by atoms with Crippen molar-refractivity contribution in [2.75, 3.05) is 18.0 Å². The second-order valence-electron chi connectivity index (χ2n) is 7.22. The average molecular weight is 349 g/mol. The maximum atomic E-state index is 12.2. The van der Waals surface area contributed by atoms with Gasteiger partial charge in [-0.15, -0.1) is 6.58 Å². The molecule has 0 radical (unpaired) electrons. The molecule has 0 aromatic carbocycles. The number of amides is 2. The zero-order valence-electron chi connectivity index (χ0n) is 14.4. The molecular weight excluding hydrogens is 326 g/mol. The predicted octanol–water partition coefficient (Wildman–Crippen LogP) is 2.98. The van der Waals surface area contributed by atoms with Gasteiger partial charge in [0.1, 0.15) is 5.60 Å². The Kier molecular flexibility index (Phi) is 4.38. The lowest BCUT2D eigenvalue weighted by molar-refractivity contribution is -0.117. The number of rotatable bonds is 2. The number of hydrogen-bond acceptors (Lipinski definition) is 5. The van der Waals surface area contributed by atoms with Crippen molar-refractivity contribution in [3.05, 3.63) is 23.2 Å². The summed E-state index contributed by atoms with van der Waals surface area (Å²) in [5.74, 6) is 0.284. The molecule has 0 N–H and O–H groups in total. The lowest BCUT2D eigenvalue weighted by atomic mass is 10.1. The van der Waals surface area contributed by atoms with Gasteiger partial charge in [0.15, 0.2) is 5.13 Å². The molecule has 130 valence electrons. The number of aromatic nitrogens is 1. The third-order valence-electron chi connectivity index (χ3n) is 4.09. The summed E-state index contributed by atoms with van der Waals surface area (Å²) in [6, 6.07) is 0. The molecule has 1 aromatic rings. The molecule has 2 aliphatic heterocycles. The highest BCUT2D eigenvalue weighted by Crippen LogP contribution is 2.34. The van der Waals surface area contributed by atoms with E-state index in [9.17, 15) is 9.59 Å². The first-order chi connectivity index (χ1) is 11.3. The van der Waals surface area contributed by atoms with Crippen LogP contribution >= 0.6 is 11.3 Å². The number of nitrogens with zero attached hydrogens (tertiary/aromatic N) is 3. The quantitative estimate of drug-likeness (QED) is 0.770. The van der Waals surface area contributed by atoms with Crippen LogP contribution in [0.3, 0.4) is 0 Å². The van der Waals surface area contributed by atoms with E-state index in [0.717, 1.165) is 15.7 Å². The largest absolute Gasteiger partial charge is 0.444 e. The lowest BCUT2D eigenvalue weighted by Gasteiger charge is -2.29. The molecule has 1 saturated heterocycles. The standard InChI is InChI=1S/C17H23N3O3S/c1-5-11-8-14(21)20(9-11)15-18-12-6-7-19(10-13(12)24-15)16(22)23-17(2,3)4/h5,11H,1,6-10H2,2-4H3. The van der Waals surface area contributed by atoms with Gasteiger partial charge >= 0.3 is 6.09 Å². The SMILES string of the molecule is C=CC1CC(=O)N(c2nc3c(s2)CN(C(=O)OC(C)(C)C)CC3)C1. The van der Waals surface area contributed by atoms with Gasteiger partial charge < -0.3 is 9.64 Å². The Labute approximate surface area is 146 Å². The van der Waals surface area contributed by atoms with Crippen molar-refractivity contribution in [3.63, 3.8) is 0 Å². The Morgan fingerprint density at radius 2 is 2.21 bits per heavy atom. The normalized spacial score (nSPS) is 21.0. The lowest BCUT2D eigenvalue weighted by Crippen LogP contribution is -2.39. The summed E-state index contributed by atoms with van der Waals surface area (Å²) in [5, 5.41) is 0.736. The van der Waals surface area contributed by atoms with Crippen LogP contribution in [0.4, 0.5) is 9.93 Å². The monoisotopic (exact) mass is 349 g/mol. The molecule has 2 aliphatic rings. The van der Waals surface area contributed by atoms with Crippen molar-refractivity contribution in [1.82, 2.24) is 9.88 Å². The second kappa shape index (κ2) is 6.20. The van der Waals surface area contributed by atoms with E-state index < -0.39 is 5.60 Å². The molecule has 3 heterocycles. The average Bonchev–Trinajstić information content (AvgIpc) is 3.07. The van der Waals surface area contributed by atoms with Gasteiger partial charge in [-0.05, 0) is 20.8 Å². The van der Waals surface area contributed by atoms with Crippen molar-refractivity contribution in [3.8, 4) is 0 Å². The number of anilines is 1. The third kappa shape index (κ3) is 3.45. The Hall–Kier alpha value is -1.89. The van der Waals surface area contributed by atoms with Crippen molar-refractivity contribution in [1.29, 1.82) is 0 Å². The summed E-state index contributed by atoms with van der Waals surface area (Å²) in [7, 11) is 0. The molecule has 7 heteroatoms. The van der Waals surface area contributed by atoms with Crippen LogP contribution in [0.15, 0.2) is 12.7 Å². The smallest absolute Gasteiger partial charge is 0.410 e. The van der Waals surface area contributed by atoms with Gasteiger partial charge in [0, 0.05) is 36.7 Å². The zero-order valence-corrected chi connectivity index (χ0v) is 15.2. The summed E-state index contributed by atoms with van der Waals surface area (Å²) in [6.07, 6.45) is 2.72. The molecule has 3 rings (SSSR count). The van der Waals surface area contributed by atoms with Crippen LogP contribution in [0.1, 0.15) is 37.8 Å². The highest BCUT2D eigenvalue weighted by atomic mass is 32.1. The third-order valence-corrected chi connectivity index (χ3v) is 5.20. The van der Waals surface area contributed by atoms with E-state index >= 15 is 0 Å². The Balaban J connectivity index is 1.72. The van der Waals surface area contributed by atoms with Gasteiger partial charge in [-0.25, -0.2) is 9.78 Å². The molecule has 0 aliphatic carbocycles. The van der Waals surface area contributed by atoms with Crippen LogP contribution in [-0.2, 0) is 22.5 Å².